The van der Waals surface area contributed by atoms with Gasteiger partial charge in [-0.25, -0.2) is 13.2 Å². The first-order valence-corrected chi connectivity index (χ1v) is 11.8. The van der Waals surface area contributed by atoms with Crippen LogP contribution >= 0.6 is 0 Å². The molecule has 0 amide bonds. The topological polar surface area (TPSA) is 77.2 Å². The van der Waals surface area contributed by atoms with Gasteiger partial charge in [0.15, 0.2) is 0 Å². The molecule has 8 heteroatoms. The smallest absolute Gasteiger partial charge is 0.271 e. The van der Waals surface area contributed by atoms with Crippen molar-refractivity contribution < 1.29 is 8.42 Å². The summed E-state index contributed by atoms with van der Waals surface area (Å²) >= 11 is 0. The van der Waals surface area contributed by atoms with Crippen LogP contribution in [0.4, 0.5) is 0 Å². The molecule has 2 aromatic carbocycles. The lowest BCUT2D eigenvalue weighted by Gasteiger charge is -2.21. The average Bonchev–Trinajstić information content (AvgIpc) is 3.39. The summed E-state index contributed by atoms with van der Waals surface area (Å²) in [6.07, 6.45) is 2.34. The molecule has 2 aliphatic heterocycles. The molecule has 0 saturated carbocycles. The number of sulfonamides is 1. The van der Waals surface area contributed by atoms with Gasteiger partial charge in [0.2, 0.25) is 10.0 Å². The first-order valence-electron chi connectivity index (χ1n) is 10.3. The normalized spacial score (nSPS) is 20.8. The quantitative estimate of drug-likeness (QED) is 0.645. The van der Waals surface area contributed by atoms with Gasteiger partial charge in [-0.3, -0.25) is 4.57 Å². The van der Waals surface area contributed by atoms with E-state index in [-0.39, 0.29) is 17.8 Å². The maximum Gasteiger partial charge on any atom is 0.351 e. The molecule has 30 heavy (non-hydrogen) atoms. The highest BCUT2D eigenvalue weighted by Crippen LogP contribution is 2.34. The summed E-state index contributed by atoms with van der Waals surface area (Å²) in [5.74, 6) is 0.767. The summed E-state index contributed by atoms with van der Waals surface area (Å²) in [4.78, 5) is 13.6. The lowest BCUT2D eigenvalue weighted by atomic mass is 10.1. The summed E-state index contributed by atoms with van der Waals surface area (Å²) in [5, 5.41) is 4.57. The molecular weight excluding hydrogens is 400 g/mol. The highest BCUT2D eigenvalue weighted by Gasteiger charge is 2.37. The Bertz CT molecular complexity index is 1280. The van der Waals surface area contributed by atoms with Gasteiger partial charge in [-0.15, -0.1) is 5.10 Å². The van der Waals surface area contributed by atoms with Crippen molar-refractivity contribution in [3.05, 3.63) is 76.0 Å². The third-order valence-corrected chi connectivity index (χ3v) is 8.36. The average molecular weight is 425 g/mol. The fraction of sp³-hybridized carbons (Fsp3) is 0.364. The van der Waals surface area contributed by atoms with Crippen LogP contribution in [0.2, 0.25) is 0 Å². The first-order chi connectivity index (χ1) is 14.4. The molecule has 0 fully saturated rings. The number of nitrogens with zero attached hydrogens (tertiary/aromatic N) is 4. The predicted octanol–water partition coefficient (Wildman–Crippen LogP) is 2.87. The molecular formula is C22H24N4O3S. The zero-order valence-corrected chi connectivity index (χ0v) is 17.8. The molecule has 5 rings (SSSR count). The number of rotatable bonds is 4. The van der Waals surface area contributed by atoms with Crippen LogP contribution in [0.5, 0.6) is 0 Å². The second kappa shape index (κ2) is 6.92. The Kier molecular flexibility index (Phi) is 4.44. The monoisotopic (exact) mass is 424 g/mol. The van der Waals surface area contributed by atoms with Crippen molar-refractivity contribution >= 4 is 10.0 Å². The third kappa shape index (κ3) is 2.78. The molecule has 2 atom stereocenters. The molecule has 7 nitrogen and oxygen atoms in total. The Morgan fingerprint density at radius 3 is 2.67 bits per heavy atom. The second-order valence-electron chi connectivity index (χ2n) is 8.05. The summed E-state index contributed by atoms with van der Waals surface area (Å²) in [5.41, 5.74) is 2.24. The Labute approximate surface area is 175 Å². The zero-order chi connectivity index (χ0) is 21.0. The molecule has 0 unspecified atom stereocenters. The maximum atomic E-state index is 13.2. The van der Waals surface area contributed by atoms with E-state index in [4.69, 9.17) is 0 Å². The van der Waals surface area contributed by atoms with E-state index in [1.54, 1.807) is 22.8 Å². The SMILES string of the molecule is CC[C@@H](C)N1Cc2cc(-n3nc4n(c3=O)[C@H](c3ccccc3)CC4)ccc2S1(=O)=O. The minimum atomic E-state index is -3.49. The minimum absolute atomic E-state index is 0.0156. The number of fused-ring (bicyclic) bond motifs is 2. The molecule has 3 aromatic rings. The summed E-state index contributed by atoms with van der Waals surface area (Å²) in [6.45, 7) is 4.22. The van der Waals surface area contributed by atoms with Gasteiger partial charge >= 0.3 is 5.69 Å². The lowest BCUT2D eigenvalue weighted by molar-refractivity contribution is 0.336. The van der Waals surface area contributed by atoms with E-state index in [0.717, 1.165) is 30.7 Å². The fourth-order valence-corrected chi connectivity index (χ4v) is 6.38. The molecule has 0 bridgehead atoms. The largest absolute Gasteiger partial charge is 0.351 e. The van der Waals surface area contributed by atoms with Gasteiger partial charge in [0.05, 0.1) is 16.6 Å². The van der Waals surface area contributed by atoms with Crippen LogP contribution in [-0.4, -0.2) is 33.1 Å². The Balaban J connectivity index is 1.55. The number of benzene rings is 2. The van der Waals surface area contributed by atoms with Gasteiger partial charge in [0.1, 0.15) is 5.82 Å². The highest BCUT2D eigenvalue weighted by molar-refractivity contribution is 7.89. The molecule has 0 N–H and O–H groups in total. The fourth-order valence-electron chi connectivity index (χ4n) is 4.50. The lowest BCUT2D eigenvalue weighted by Crippen LogP contribution is -2.32. The number of aromatic nitrogens is 3. The van der Waals surface area contributed by atoms with E-state index >= 15 is 0 Å². The van der Waals surface area contributed by atoms with E-state index < -0.39 is 10.0 Å². The second-order valence-corrected chi connectivity index (χ2v) is 9.90. The summed E-state index contributed by atoms with van der Waals surface area (Å²) in [6, 6.07) is 15.0. The van der Waals surface area contributed by atoms with Crippen LogP contribution in [0, 0.1) is 0 Å². The molecule has 0 saturated heterocycles. The van der Waals surface area contributed by atoms with Crippen molar-refractivity contribution in [2.24, 2.45) is 0 Å². The molecule has 0 radical (unpaired) electrons. The standard InChI is InChI=1S/C22H24N4O3S/c1-3-15(2)24-14-17-13-18(9-11-20(17)30(24,28)29)26-22(27)25-19(10-12-21(25)23-26)16-7-5-4-6-8-16/h4-9,11,13,15,19H,3,10,12,14H2,1-2H3/t15-,19+/m1/s1. The van der Waals surface area contributed by atoms with Gasteiger partial charge in [-0.05, 0) is 49.1 Å². The van der Waals surface area contributed by atoms with Crippen LogP contribution in [0.1, 0.15) is 49.7 Å². The number of aryl methyl sites for hydroxylation is 1. The Morgan fingerprint density at radius 1 is 1.17 bits per heavy atom. The molecule has 1 aromatic heterocycles. The summed E-state index contributed by atoms with van der Waals surface area (Å²) in [7, 11) is -3.49. The van der Waals surface area contributed by atoms with E-state index in [2.05, 4.69) is 5.10 Å². The molecule has 3 heterocycles. The first kappa shape index (κ1) is 19.3. The van der Waals surface area contributed by atoms with Crippen LogP contribution in [-0.2, 0) is 23.0 Å². The van der Waals surface area contributed by atoms with Crippen molar-refractivity contribution in [3.8, 4) is 5.69 Å². The molecule has 156 valence electrons. The van der Waals surface area contributed by atoms with Crippen LogP contribution in [0.3, 0.4) is 0 Å². The molecule has 0 aliphatic carbocycles. The Hall–Kier alpha value is -2.71. The number of hydrogen-bond acceptors (Lipinski definition) is 4. The van der Waals surface area contributed by atoms with Gasteiger partial charge in [0, 0.05) is 19.0 Å². The predicted molar refractivity (Wildman–Crippen MR) is 113 cm³/mol. The minimum Gasteiger partial charge on any atom is -0.271 e. The van der Waals surface area contributed by atoms with Gasteiger partial charge in [0.25, 0.3) is 0 Å². The van der Waals surface area contributed by atoms with Crippen LogP contribution < -0.4 is 5.69 Å². The number of hydrogen-bond donors (Lipinski definition) is 0. The van der Waals surface area contributed by atoms with Gasteiger partial charge in [-0.1, -0.05) is 37.3 Å². The van der Waals surface area contributed by atoms with Crippen molar-refractivity contribution in [2.45, 2.75) is 56.6 Å². The third-order valence-electron chi connectivity index (χ3n) is 6.30. The molecule has 2 aliphatic rings. The van der Waals surface area contributed by atoms with Gasteiger partial charge < -0.3 is 0 Å². The van der Waals surface area contributed by atoms with E-state index in [9.17, 15) is 13.2 Å². The van der Waals surface area contributed by atoms with E-state index in [1.807, 2.05) is 44.2 Å². The van der Waals surface area contributed by atoms with Crippen LogP contribution in [0.25, 0.3) is 5.69 Å². The molecule has 0 spiro atoms. The summed E-state index contributed by atoms with van der Waals surface area (Å²) < 4.78 is 30.4. The van der Waals surface area contributed by atoms with E-state index in [1.165, 1.54) is 8.99 Å². The zero-order valence-electron chi connectivity index (χ0n) is 17.0. The van der Waals surface area contributed by atoms with Crippen molar-refractivity contribution in [2.75, 3.05) is 0 Å². The van der Waals surface area contributed by atoms with Crippen molar-refractivity contribution in [1.29, 1.82) is 0 Å². The van der Waals surface area contributed by atoms with Crippen molar-refractivity contribution in [1.82, 2.24) is 18.7 Å². The van der Waals surface area contributed by atoms with E-state index in [0.29, 0.717) is 22.7 Å². The van der Waals surface area contributed by atoms with Crippen molar-refractivity contribution in [3.63, 3.8) is 0 Å². The Morgan fingerprint density at radius 2 is 1.93 bits per heavy atom. The van der Waals surface area contributed by atoms with Gasteiger partial charge in [-0.2, -0.15) is 8.99 Å². The van der Waals surface area contributed by atoms with Crippen LogP contribution in [0.15, 0.2) is 58.2 Å². The highest BCUT2D eigenvalue weighted by atomic mass is 32.2. The maximum absolute atomic E-state index is 13.2.